The highest BCUT2D eigenvalue weighted by molar-refractivity contribution is 5.44. The molecule has 4 heteroatoms. The molecule has 0 amide bonds. The first-order valence-corrected chi connectivity index (χ1v) is 6.75. The van der Waals surface area contributed by atoms with Crippen LogP contribution in [0.2, 0.25) is 0 Å². The van der Waals surface area contributed by atoms with Gasteiger partial charge in [-0.2, -0.15) is 0 Å². The Hall–Kier alpha value is -1.91. The van der Waals surface area contributed by atoms with Crippen molar-refractivity contribution in [2.45, 2.75) is 12.5 Å². The molecule has 112 valence electrons. The zero-order chi connectivity index (χ0) is 15.3. The number of hydrogen-bond acceptors (Lipinski definition) is 3. The number of methoxy groups -OCH3 is 1. The van der Waals surface area contributed by atoms with Crippen LogP contribution in [-0.2, 0) is 10.3 Å². The lowest BCUT2D eigenvalue weighted by Gasteiger charge is -2.26. The Bertz CT molecular complexity index is 579. The van der Waals surface area contributed by atoms with Crippen molar-refractivity contribution in [2.75, 3.05) is 20.3 Å². The summed E-state index contributed by atoms with van der Waals surface area (Å²) in [6, 6.07) is 13.1. The Kier molecular flexibility index (Phi) is 4.94. The van der Waals surface area contributed by atoms with Gasteiger partial charge in [0.2, 0.25) is 0 Å². The molecule has 0 aliphatic heterocycles. The fourth-order valence-corrected chi connectivity index (χ4v) is 2.16. The van der Waals surface area contributed by atoms with E-state index in [4.69, 9.17) is 9.47 Å². The van der Waals surface area contributed by atoms with Crippen LogP contribution in [-0.4, -0.2) is 25.4 Å². The van der Waals surface area contributed by atoms with Gasteiger partial charge in [0.1, 0.15) is 23.8 Å². The molecule has 0 heterocycles. The monoisotopic (exact) mass is 290 g/mol. The minimum atomic E-state index is -1.27. The maximum Gasteiger partial charge on any atom is 0.125 e. The van der Waals surface area contributed by atoms with Crippen LogP contribution in [0.15, 0.2) is 48.5 Å². The SMILES string of the molecule is COCCOc1ccccc1C(C)(O)c1ccc(F)cc1. The third-order valence-corrected chi connectivity index (χ3v) is 3.36. The predicted molar refractivity (Wildman–Crippen MR) is 78.9 cm³/mol. The van der Waals surface area contributed by atoms with Crippen LogP contribution in [0.4, 0.5) is 4.39 Å². The average molecular weight is 290 g/mol. The van der Waals surface area contributed by atoms with Gasteiger partial charge in [-0.15, -0.1) is 0 Å². The van der Waals surface area contributed by atoms with Gasteiger partial charge in [-0.3, -0.25) is 0 Å². The van der Waals surface area contributed by atoms with E-state index in [1.54, 1.807) is 38.3 Å². The molecule has 0 aliphatic carbocycles. The molecule has 21 heavy (non-hydrogen) atoms. The van der Waals surface area contributed by atoms with Crippen LogP contribution >= 0.6 is 0 Å². The molecule has 0 radical (unpaired) electrons. The van der Waals surface area contributed by atoms with Gasteiger partial charge >= 0.3 is 0 Å². The van der Waals surface area contributed by atoms with E-state index < -0.39 is 5.60 Å². The van der Waals surface area contributed by atoms with Gasteiger partial charge in [0, 0.05) is 12.7 Å². The first-order chi connectivity index (χ1) is 10.1. The highest BCUT2D eigenvalue weighted by Gasteiger charge is 2.28. The molecule has 2 aromatic rings. The van der Waals surface area contributed by atoms with Crippen molar-refractivity contribution in [1.82, 2.24) is 0 Å². The van der Waals surface area contributed by atoms with Crippen LogP contribution < -0.4 is 4.74 Å². The van der Waals surface area contributed by atoms with E-state index in [0.717, 1.165) is 0 Å². The third kappa shape index (κ3) is 3.60. The van der Waals surface area contributed by atoms with Gasteiger partial charge in [0.05, 0.1) is 6.61 Å². The van der Waals surface area contributed by atoms with E-state index in [-0.39, 0.29) is 5.82 Å². The summed E-state index contributed by atoms with van der Waals surface area (Å²) in [4.78, 5) is 0. The van der Waals surface area contributed by atoms with Crippen LogP contribution in [0, 0.1) is 5.82 Å². The van der Waals surface area contributed by atoms with Crippen molar-refractivity contribution in [1.29, 1.82) is 0 Å². The zero-order valence-corrected chi connectivity index (χ0v) is 12.2. The van der Waals surface area contributed by atoms with Crippen LogP contribution in [0.1, 0.15) is 18.1 Å². The minimum absolute atomic E-state index is 0.334. The number of aliphatic hydroxyl groups is 1. The molecule has 0 saturated heterocycles. The maximum absolute atomic E-state index is 13.0. The fourth-order valence-electron chi connectivity index (χ4n) is 2.16. The van der Waals surface area contributed by atoms with Gasteiger partial charge < -0.3 is 14.6 Å². The van der Waals surface area contributed by atoms with Crippen LogP contribution in [0.3, 0.4) is 0 Å². The number of benzene rings is 2. The quantitative estimate of drug-likeness (QED) is 0.831. The Balaban J connectivity index is 2.32. The number of halogens is 1. The number of ether oxygens (including phenoxy) is 2. The molecule has 2 rings (SSSR count). The summed E-state index contributed by atoms with van der Waals surface area (Å²) in [7, 11) is 1.60. The molecule has 2 aromatic carbocycles. The molecule has 0 saturated carbocycles. The smallest absolute Gasteiger partial charge is 0.125 e. The van der Waals surface area contributed by atoms with Crippen molar-refractivity contribution in [3.63, 3.8) is 0 Å². The number of rotatable bonds is 6. The Labute approximate surface area is 124 Å². The maximum atomic E-state index is 13.0. The van der Waals surface area contributed by atoms with Crippen molar-refractivity contribution >= 4 is 0 Å². The van der Waals surface area contributed by atoms with Crippen molar-refractivity contribution in [3.8, 4) is 5.75 Å². The second-order valence-corrected chi connectivity index (χ2v) is 4.92. The van der Waals surface area contributed by atoms with Crippen molar-refractivity contribution in [2.24, 2.45) is 0 Å². The summed E-state index contributed by atoms with van der Waals surface area (Å²) >= 11 is 0. The van der Waals surface area contributed by atoms with E-state index in [1.165, 1.54) is 12.1 Å². The van der Waals surface area contributed by atoms with Gasteiger partial charge in [-0.25, -0.2) is 4.39 Å². The molecule has 1 unspecified atom stereocenters. The lowest BCUT2D eigenvalue weighted by Crippen LogP contribution is -2.24. The largest absolute Gasteiger partial charge is 0.491 e. The van der Waals surface area contributed by atoms with Crippen LogP contribution in [0.25, 0.3) is 0 Å². The summed E-state index contributed by atoms with van der Waals surface area (Å²) in [5, 5.41) is 10.9. The summed E-state index contributed by atoms with van der Waals surface area (Å²) < 4.78 is 23.6. The summed E-state index contributed by atoms with van der Waals surface area (Å²) in [5.41, 5.74) is -0.0309. The highest BCUT2D eigenvalue weighted by atomic mass is 19.1. The minimum Gasteiger partial charge on any atom is -0.491 e. The zero-order valence-electron chi connectivity index (χ0n) is 12.2. The first-order valence-electron chi connectivity index (χ1n) is 6.75. The molecule has 3 nitrogen and oxygen atoms in total. The lowest BCUT2D eigenvalue weighted by atomic mass is 9.87. The van der Waals surface area contributed by atoms with E-state index in [2.05, 4.69) is 0 Å². The average Bonchev–Trinajstić information content (AvgIpc) is 2.48. The molecular weight excluding hydrogens is 271 g/mol. The first kappa shape index (κ1) is 15.5. The molecule has 0 spiro atoms. The third-order valence-electron chi connectivity index (χ3n) is 3.36. The summed E-state index contributed by atoms with van der Waals surface area (Å²) in [5.74, 6) is 0.253. The molecule has 1 atom stereocenters. The van der Waals surface area contributed by atoms with Crippen molar-refractivity contribution < 1.29 is 19.0 Å². The van der Waals surface area contributed by atoms with Gasteiger partial charge in [-0.1, -0.05) is 30.3 Å². The molecule has 0 bridgehead atoms. The number of hydrogen-bond donors (Lipinski definition) is 1. The normalized spacial score (nSPS) is 13.7. The molecule has 0 aliphatic rings. The molecule has 1 N–H and O–H groups in total. The Morgan fingerprint density at radius 3 is 2.38 bits per heavy atom. The predicted octanol–water partition coefficient (Wildman–Crippen LogP) is 3.11. The number of para-hydroxylation sites is 1. The van der Waals surface area contributed by atoms with Gasteiger partial charge in [-0.05, 0) is 30.7 Å². The van der Waals surface area contributed by atoms with E-state index in [0.29, 0.717) is 30.1 Å². The molecule has 0 fully saturated rings. The van der Waals surface area contributed by atoms with E-state index in [1.807, 2.05) is 12.1 Å². The second-order valence-electron chi connectivity index (χ2n) is 4.92. The van der Waals surface area contributed by atoms with Crippen molar-refractivity contribution in [3.05, 3.63) is 65.5 Å². The Morgan fingerprint density at radius 2 is 1.71 bits per heavy atom. The lowest BCUT2D eigenvalue weighted by molar-refractivity contribution is 0.0942. The van der Waals surface area contributed by atoms with Crippen LogP contribution in [0.5, 0.6) is 5.75 Å². The van der Waals surface area contributed by atoms with Gasteiger partial charge in [0.15, 0.2) is 0 Å². The molecule has 0 aromatic heterocycles. The topological polar surface area (TPSA) is 38.7 Å². The van der Waals surface area contributed by atoms with E-state index in [9.17, 15) is 9.50 Å². The second kappa shape index (κ2) is 6.70. The highest BCUT2D eigenvalue weighted by Crippen LogP contribution is 2.35. The summed E-state index contributed by atoms with van der Waals surface area (Å²) in [6.07, 6.45) is 0. The van der Waals surface area contributed by atoms with E-state index >= 15 is 0 Å². The molecular formula is C17H19FO3. The summed E-state index contributed by atoms with van der Waals surface area (Å²) in [6.45, 7) is 2.53. The Morgan fingerprint density at radius 1 is 1.05 bits per heavy atom. The fraction of sp³-hybridized carbons (Fsp3) is 0.294. The van der Waals surface area contributed by atoms with Gasteiger partial charge in [0.25, 0.3) is 0 Å². The standard InChI is InChI=1S/C17H19FO3/c1-17(19,13-7-9-14(18)10-8-13)15-5-3-4-6-16(15)21-12-11-20-2/h3-10,19H,11-12H2,1-2H3.